The number of nitro benzene ring substituents is 1. The minimum atomic E-state index is -0.666. The first-order valence-corrected chi connectivity index (χ1v) is 5.60. The number of carbonyl (C=O) groups excluding carboxylic acids is 1. The van der Waals surface area contributed by atoms with Gasteiger partial charge in [-0.05, 0) is 17.7 Å². The fourth-order valence-corrected chi connectivity index (χ4v) is 1.93. The van der Waals surface area contributed by atoms with Crippen molar-refractivity contribution in [2.75, 3.05) is 0 Å². The predicted molar refractivity (Wildman–Crippen MR) is 68.9 cm³/mol. The SMILES string of the molecule is O=Cc1ccc(-c2cccc(F)c2Cl)cc1[N+](=O)[O-]. The molecule has 0 saturated carbocycles. The number of rotatable bonds is 3. The van der Waals surface area contributed by atoms with Gasteiger partial charge in [0.1, 0.15) is 5.82 Å². The molecule has 2 aromatic carbocycles. The third-order valence-electron chi connectivity index (χ3n) is 2.62. The molecule has 0 aliphatic carbocycles. The number of nitrogens with zero attached hydrogens (tertiary/aromatic N) is 1. The minimum absolute atomic E-state index is 0.0405. The maximum Gasteiger partial charge on any atom is 0.280 e. The first kappa shape index (κ1) is 13.2. The van der Waals surface area contributed by atoms with E-state index in [1.807, 2.05) is 0 Å². The number of hydrogen-bond acceptors (Lipinski definition) is 3. The molecule has 0 radical (unpaired) electrons. The molecule has 0 bridgehead atoms. The summed E-state index contributed by atoms with van der Waals surface area (Å²) in [6, 6.07) is 8.19. The molecule has 6 heteroatoms. The monoisotopic (exact) mass is 279 g/mol. The third kappa shape index (κ3) is 2.46. The Morgan fingerprint density at radius 1 is 1.26 bits per heavy atom. The Kier molecular flexibility index (Phi) is 3.57. The summed E-state index contributed by atoms with van der Waals surface area (Å²) in [4.78, 5) is 20.9. The van der Waals surface area contributed by atoms with Gasteiger partial charge in [0.25, 0.3) is 5.69 Å². The van der Waals surface area contributed by atoms with Gasteiger partial charge in [-0.3, -0.25) is 14.9 Å². The molecule has 0 fully saturated rings. The fourth-order valence-electron chi connectivity index (χ4n) is 1.70. The summed E-state index contributed by atoms with van der Waals surface area (Å²) in [5, 5.41) is 10.7. The van der Waals surface area contributed by atoms with E-state index in [-0.39, 0.29) is 16.3 Å². The largest absolute Gasteiger partial charge is 0.298 e. The van der Waals surface area contributed by atoms with Crippen LogP contribution in [-0.4, -0.2) is 11.2 Å². The highest BCUT2D eigenvalue weighted by Gasteiger charge is 2.16. The fraction of sp³-hybridized carbons (Fsp3) is 0. The van der Waals surface area contributed by atoms with Crippen molar-refractivity contribution in [3.05, 3.63) is 62.9 Å². The summed E-state index contributed by atoms with van der Waals surface area (Å²) >= 11 is 5.82. The van der Waals surface area contributed by atoms with Crippen molar-refractivity contribution in [2.45, 2.75) is 0 Å². The summed E-state index contributed by atoms with van der Waals surface area (Å²) in [7, 11) is 0. The van der Waals surface area contributed by atoms with Crippen LogP contribution in [0, 0.1) is 15.9 Å². The molecule has 0 aliphatic heterocycles. The van der Waals surface area contributed by atoms with Crippen molar-refractivity contribution in [3.8, 4) is 11.1 Å². The summed E-state index contributed by atoms with van der Waals surface area (Å²) < 4.78 is 13.3. The van der Waals surface area contributed by atoms with E-state index in [1.165, 1.54) is 30.3 Å². The highest BCUT2D eigenvalue weighted by molar-refractivity contribution is 6.33. The first-order chi connectivity index (χ1) is 9.04. The van der Waals surface area contributed by atoms with Crippen molar-refractivity contribution in [2.24, 2.45) is 0 Å². The molecule has 19 heavy (non-hydrogen) atoms. The number of carbonyl (C=O) groups is 1. The second kappa shape index (κ2) is 5.16. The van der Waals surface area contributed by atoms with E-state index in [0.717, 1.165) is 0 Å². The Bertz CT molecular complexity index is 673. The molecule has 0 N–H and O–H groups in total. The quantitative estimate of drug-likeness (QED) is 0.487. The molecule has 0 amide bonds. The summed E-state index contributed by atoms with van der Waals surface area (Å²) in [6.45, 7) is 0. The minimum Gasteiger partial charge on any atom is -0.298 e. The average Bonchev–Trinajstić information content (AvgIpc) is 2.41. The van der Waals surface area contributed by atoms with Gasteiger partial charge in [-0.2, -0.15) is 0 Å². The number of halogens is 2. The van der Waals surface area contributed by atoms with E-state index >= 15 is 0 Å². The molecular formula is C13H7ClFNO3. The van der Waals surface area contributed by atoms with Gasteiger partial charge in [-0.25, -0.2) is 4.39 Å². The van der Waals surface area contributed by atoms with E-state index in [4.69, 9.17) is 11.6 Å². The smallest absolute Gasteiger partial charge is 0.280 e. The topological polar surface area (TPSA) is 60.2 Å². The lowest BCUT2D eigenvalue weighted by molar-refractivity contribution is -0.385. The number of aldehydes is 1. The molecule has 96 valence electrons. The molecule has 0 aromatic heterocycles. The number of benzene rings is 2. The van der Waals surface area contributed by atoms with E-state index < -0.39 is 10.7 Å². The zero-order valence-corrected chi connectivity index (χ0v) is 10.2. The molecule has 0 aliphatic rings. The van der Waals surface area contributed by atoms with Crippen LogP contribution < -0.4 is 0 Å². The molecule has 0 unspecified atom stereocenters. The summed E-state index contributed by atoms with van der Waals surface area (Å²) in [5.74, 6) is -0.610. The maximum atomic E-state index is 13.3. The second-order valence-corrected chi connectivity index (χ2v) is 4.13. The van der Waals surface area contributed by atoms with Crippen molar-refractivity contribution in [3.63, 3.8) is 0 Å². The van der Waals surface area contributed by atoms with Crippen molar-refractivity contribution < 1.29 is 14.1 Å². The van der Waals surface area contributed by atoms with Crippen molar-refractivity contribution >= 4 is 23.6 Å². The first-order valence-electron chi connectivity index (χ1n) is 5.22. The van der Waals surface area contributed by atoms with Crippen LogP contribution >= 0.6 is 11.6 Å². The molecular weight excluding hydrogens is 273 g/mol. The zero-order chi connectivity index (χ0) is 14.0. The lowest BCUT2D eigenvalue weighted by atomic mass is 10.0. The van der Waals surface area contributed by atoms with Gasteiger partial charge in [0.2, 0.25) is 0 Å². The van der Waals surface area contributed by atoms with Crippen molar-refractivity contribution in [1.29, 1.82) is 0 Å². The van der Waals surface area contributed by atoms with Crippen LogP contribution in [0.4, 0.5) is 10.1 Å². The lowest BCUT2D eigenvalue weighted by Gasteiger charge is -2.06. The highest BCUT2D eigenvalue weighted by atomic mass is 35.5. The molecule has 0 saturated heterocycles. The van der Waals surface area contributed by atoms with Crippen LogP contribution in [0.15, 0.2) is 36.4 Å². The Balaban J connectivity index is 2.64. The van der Waals surface area contributed by atoms with Crippen LogP contribution in [0.1, 0.15) is 10.4 Å². The van der Waals surface area contributed by atoms with Crippen LogP contribution in [0.2, 0.25) is 5.02 Å². The van der Waals surface area contributed by atoms with Crippen LogP contribution in [0.5, 0.6) is 0 Å². The second-order valence-electron chi connectivity index (χ2n) is 3.75. The molecule has 4 nitrogen and oxygen atoms in total. The van der Waals surface area contributed by atoms with E-state index in [9.17, 15) is 19.3 Å². The van der Waals surface area contributed by atoms with Gasteiger partial charge in [0, 0.05) is 11.6 Å². The summed E-state index contributed by atoms with van der Waals surface area (Å²) in [5.41, 5.74) is 0.332. The van der Waals surface area contributed by atoms with Crippen LogP contribution in [-0.2, 0) is 0 Å². The normalized spacial score (nSPS) is 10.2. The molecule has 0 spiro atoms. The van der Waals surface area contributed by atoms with E-state index in [1.54, 1.807) is 6.07 Å². The van der Waals surface area contributed by atoms with Crippen molar-refractivity contribution in [1.82, 2.24) is 0 Å². The third-order valence-corrected chi connectivity index (χ3v) is 3.00. The Morgan fingerprint density at radius 3 is 2.63 bits per heavy atom. The molecule has 2 rings (SSSR count). The summed E-state index contributed by atoms with van der Waals surface area (Å²) in [6.07, 6.45) is 0.398. The van der Waals surface area contributed by atoms with Gasteiger partial charge >= 0.3 is 0 Å². The van der Waals surface area contributed by atoms with Gasteiger partial charge < -0.3 is 0 Å². The maximum absolute atomic E-state index is 13.3. The average molecular weight is 280 g/mol. The van der Waals surface area contributed by atoms with Gasteiger partial charge in [0.15, 0.2) is 6.29 Å². The zero-order valence-electron chi connectivity index (χ0n) is 9.47. The highest BCUT2D eigenvalue weighted by Crippen LogP contribution is 2.32. The molecule has 0 atom stereocenters. The van der Waals surface area contributed by atoms with Gasteiger partial charge in [-0.15, -0.1) is 0 Å². The van der Waals surface area contributed by atoms with Crippen LogP contribution in [0.25, 0.3) is 11.1 Å². The predicted octanol–water partition coefficient (Wildman–Crippen LogP) is 3.87. The Labute approximate surface area is 112 Å². The lowest BCUT2D eigenvalue weighted by Crippen LogP contribution is -1.95. The Hall–Kier alpha value is -2.27. The standard InChI is InChI=1S/C13H7ClFNO3/c14-13-10(2-1-3-11(13)15)8-4-5-9(7-17)12(6-8)16(18)19/h1-7H. The van der Waals surface area contributed by atoms with Gasteiger partial charge in [0.05, 0.1) is 15.5 Å². The Morgan fingerprint density at radius 2 is 2.00 bits per heavy atom. The number of hydrogen-bond donors (Lipinski definition) is 0. The van der Waals surface area contributed by atoms with E-state index in [2.05, 4.69) is 0 Å². The molecule has 2 aromatic rings. The van der Waals surface area contributed by atoms with Gasteiger partial charge in [-0.1, -0.05) is 29.8 Å². The van der Waals surface area contributed by atoms with Crippen LogP contribution in [0.3, 0.4) is 0 Å². The van der Waals surface area contributed by atoms with E-state index in [0.29, 0.717) is 17.4 Å². The molecule has 0 heterocycles. The number of nitro groups is 1.